The molecule has 3 rings (SSSR count). The molecule has 5 nitrogen and oxygen atoms in total. The van der Waals surface area contributed by atoms with Gasteiger partial charge < -0.3 is 20.6 Å². The lowest BCUT2D eigenvalue weighted by atomic mass is 9.88. The first-order valence-electron chi connectivity index (χ1n) is 10.1. The summed E-state index contributed by atoms with van der Waals surface area (Å²) in [7, 11) is 1.82. The van der Waals surface area contributed by atoms with Crippen molar-refractivity contribution in [3.63, 3.8) is 0 Å². The number of piperidine rings is 1. The summed E-state index contributed by atoms with van der Waals surface area (Å²) < 4.78 is 0. The molecule has 0 bridgehead atoms. The Bertz CT molecular complexity index is 633. The standard InChI is InChI=1S/C21H34N4O/c1-15(2)25-12-10-17(11-13-25)24-21(22-3)23-14-19-18-7-5-4-6-16(18)8-9-20(19)26/h8-9,15,17,26H,4-7,10-14H2,1-3H3,(H2,22,23,24). The summed E-state index contributed by atoms with van der Waals surface area (Å²) in [4.78, 5) is 6.92. The highest BCUT2D eigenvalue weighted by Gasteiger charge is 2.22. The molecule has 0 spiro atoms. The van der Waals surface area contributed by atoms with Gasteiger partial charge >= 0.3 is 0 Å². The fourth-order valence-electron chi connectivity index (χ4n) is 4.21. The van der Waals surface area contributed by atoms with E-state index in [1.54, 1.807) is 0 Å². The molecule has 5 heteroatoms. The molecule has 1 heterocycles. The van der Waals surface area contributed by atoms with Crippen molar-refractivity contribution in [1.82, 2.24) is 15.5 Å². The fraction of sp³-hybridized carbons (Fsp3) is 0.667. The summed E-state index contributed by atoms with van der Waals surface area (Å²) >= 11 is 0. The molecule has 1 fully saturated rings. The lowest BCUT2D eigenvalue weighted by molar-refractivity contribution is 0.167. The van der Waals surface area contributed by atoms with Crippen molar-refractivity contribution in [3.05, 3.63) is 28.8 Å². The van der Waals surface area contributed by atoms with Crippen molar-refractivity contribution in [2.45, 2.75) is 71.0 Å². The number of phenolic OH excluding ortho intramolecular Hbond substituents is 1. The Balaban J connectivity index is 1.57. The number of fused-ring (bicyclic) bond motifs is 1. The largest absolute Gasteiger partial charge is 0.508 e. The van der Waals surface area contributed by atoms with Crippen LogP contribution >= 0.6 is 0 Å². The highest BCUT2D eigenvalue weighted by molar-refractivity contribution is 5.80. The molecule has 26 heavy (non-hydrogen) atoms. The van der Waals surface area contributed by atoms with Gasteiger partial charge in [-0.2, -0.15) is 0 Å². The summed E-state index contributed by atoms with van der Waals surface area (Å²) in [5.41, 5.74) is 3.78. The second-order valence-corrected chi connectivity index (χ2v) is 7.88. The Morgan fingerprint density at radius 2 is 1.96 bits per heavy atom. The van der Waals surface area contributed by atoms with E-state index in [-0.39, 0.29) is 0 Å². The van der Waals surface area contributed by atoms with Crippen LogP contribution in [0, 0.1) is 0 Å². The maximum absolute atomic E-state index is 10.3. The van der Waals surface area contributed by atoms with Crippen LogP contribution in [0.5, 0.6) is 5.75 Å². The number of benzene rings is 1. The van der Waals surface area contributed by atoms with Crippen molar-refractivity contribution in [3.8, 4) is 5.75 Å². The van der Waals surface area contributed by atoms with Crippen molar-refractivity contribution < 1.29 is 5.11 Å². The minimum atomic E-state index is 0.402. The molecule has 0 aromatic heterocycles. The van der Waals surface area contributed by atoms with E-state index >= 15 is 0 Å². The predicted octanol–water partition coefficient (Wildman–Crippen LogP) is 2.81. The highest BCUT2D eigenvalue weighted by Crippen LogP contribution is 2.30. The van der Waals surface area contributed by atoms with Crippen molar-refractivity contribution in [2.75, 3.05) is 20.1 Å². The third-order valence-corrected chi connectivity index (χ3v) is 5.88. The van der Waals surface area contributed by atoms with Crippen LogP contribution < -0.4 is 10.6 Å². The SMILES string of the molecule is CN=C(NCc1c(O)ccc2c1CCCC2)NC1CCN(C(C)C)CC1. The summed E-state index contributed by atoms with van der Waals surface area (Å²) in [6.07, 6.45) is 6.95. The Hall–Kier alpha value is -1.75. The van der Waals surface area contributed by atoms with Crippen molar-refractivity contribution >= 4 is 5.96 Å². The van der Waals surface area contributed by atoms with Crippen molar-refractivity contribution in [2.24, 2.45) is 4.99 Å². The van der Waals surface area contributed by atoms with Gasteiger partial charge in [-0.15, -0.1) is 0 Å². The van der Waals surface area contributed by atoms with Gasteiger partial charge in [-0.05, 0) is 69.6 Å². The molecule has 0 saturated carbocycles. The van der Waals surface area contributed by atoms with Crippen LogP contribution in [0.25, 0.3) is 0 Å². The summed E-state index contributed by atoms with van der Waals surface area (Å²) in [6, 6.07) is 5.03. The third-order valence-electron chi connectivity index (χ3n) is 5.88. The summed E-state index contributed by atoms with van der Waals surface area (Å²) in [5, 5.41) is 17.3. The number of hydrogen-bond acceptors (Lipinski definition) is 3. The Kier molecular flexibility index (Phi) is 6.41. The Morgan fingerprint density at radius 1 is 1.23 bits per heavy atom. The smallest absolute Gasteiger partial charge is 0.191 e. The first-order valence-corrected chi connectivity index (χ1v) is 10.1. The molecule has 1 aliphatic carbocycles. The number of aliphatic imine (C=N–C) groups is 1. The normalized spacial score (nSPS) is 19.5. The maximum Gasteiger partial charge on any atom is 0.191 e. The van der Waals surface area contributed by atoms with Crippen LogP contribution in [0.4, 0.5) is 0 Å². The molecule has 144 valence electrons. The minimum Gasteiger partial charge on any atom is -0.508 e. The van der Waals surface area contributed by atoms with Crippen molar-refractivity contribution in [1.29, 1.82) is 0 Å². The molecule has 0 unspecified atom stereocenters. The van der Waals surface area contributed by atoms with Gasteiger partial charge in [0.15, 0.2) is 5.96 Å². The zero-order valence-electron chi connectivity index (χ0n) is 16.5. The molecule has 1 aliphatic heterocycles. The van der Waals surface area contributed by atoms with E-state index in [9.17, 15) is 5.11 Å². The van der Waals surface area contributed by atoms with E-state index in [1.165, 1.54) is 24.0 Å². The van der Waals surface area contributed by atoms with Gasteiger partial charge in [-0.25, -0.2) is 0 Å². The average molecular weight is 359 g/mol. The van der Waals surface area contributed by atoms with Gasteiger partial charge in [-0.1, -0.05) is 6.07 Å². The van der Waals surface area contributed by atoms with Gasteiger partial charge in [0, 0.05) is 44.3 Å². The zero-order chi connectivity index (χ0) is 18.5. The van der Waals surface area contributed by atoms with Gasteiger partial charge in [0.05, 0.1) is 0 Å². The van der Waals surface area contributed by atoms with Crippen LogP contribution in [-0.2, 0) is 19.4 Å². The first-order chi connectivity index (χ1) is 12.6. The monoisotopic (exact) mass is 358 g/mol. The van der Waals surface area contributed by atoms with Crippen LogP contribution in [0.3, 0.4) is 0 Å². The van der Waals surface area contributed by atoms with Gasteiger partial charge in [-0.3, -0.25) is 4.99 Å². The van der Waals surface area contributed by atoms with E-state index in [2.05, 4.69) is 40.4 Å². The number of nitrogens with zero attached hydrogens (tertiary/aromatic N) is 2. The first kappa shape index (κ1) is 19.0. The molecule has 0 radical (unpaired) electrons. The number of aromatic hydroxyl groups is 1. The van der Waals surface area contributed by atoms with Gasteiger partial charge in [0.1, 0.15) is 5.75 Å². The Labute approximate surface area is 157 Å². The topological polar surface area (TPSA) is 59.9 Å². The number of nitrogens with one attached hydrogen (secondary N) is 2. The molecule has 1 aromatic rings. The lowest BCUT2D eigenvalue weighted by Crippen LogP contribution is -2.49. The fourth-order valence-corrected chi connectivity index (χ4v) is 4.21. The molecule has 0 atom stereocenters. The Morgan fingerprint density at radius 3 is 2.65 bits per heavy atom. The van der Waals surface area contributed by atoms with Crippen LogP contribution in [-0.4, -0.2) is 48.2 Å². The minimum absolute atomic E-state index is 0.402. The van der Waals surface area contributed by atoms with E-state index in [0.29, 0.717) is 24.4 Å². The second kappa shape index (κ2) is 8.76. The molecule has 2 aliphatic rings. The average Bonchev–Trinajstić information content (AvgIpc) is 2.66. The summed E-state index contributed by atoms with van der Waals surface area (Å²) in [5.74, 6) is 1.24. The summed E-state index contributed by atoms with van der Waals surface area (Å²) in [6.45, 7) is 7.43. The number of rotatable bonds is 4. The molecular formula is C21H34N4O. The second-order valence-electron chi connectivity index (χ2n) is 7.88. The number of hydrogen-bond donors (Lipinski definition) is 3. The number of phenols is 1. The highest BCUT2D eigenvalue weighted by atomic mass is 16.3. The predicted molar refractivity (Wildman–Crippen MR) is 108 cm³/mol. The molecular weight excluding hydrogens is 324 g/mol. The third kappa shape index (κ3) is 4.50. The van der Waals surface area contributed by atoms with Crippen LogP contribution in [0.2, 0.25) is 0 Å². The molecule has 1 aromatic carbocycles. The zero-order valence-corrected chi connectivity index (χ0v) is 16.5. The number of guanidine groups is 1. The molecule has 1 saturated heterocycles. The van der Waals surface area contributed by atoms with E-state index in [1.807, 2.05) is 13.1 Å². The van der Waals surface area contributed by atoms with E-state index < -0.39 is 0 Å². The molecule has 0 amide bonds. The van der Waals surface area contributed by atoms with Gasteiger partial charge in [0.2, 0.25) is 0 Å². The van der Waals surface area contributed by atoms with E-state index in [4.69, 9.17) is 0 Å². The maximum atomic E-state index is 10.3. The number of likely N-dealkylation sites (tertiary alicyclic amines) is 1. The van der Waals surface area contributed by atoms with Crippen LogP contribution in [0.1, 0.15) is 56.2 Å². The lowest BCUT2D eigenvalue weighted by Gasteiger charge is -2.35. The van der Waals surface area contributed by atoms with E-state index in [0.717, 1.165) is 50.3 Å². The quantitative estimate of drug-likeness (QED) is 0.572. The van der Waals surface area contributed by atoms with Gasteiger partial charge in [0.25, 0.3) is 0 Å². The number of aryl methyl sites for hydroxylation is 1. The molecule has 3 N–H and O–H groups in total. The van der Waals surface area contributed by atoms with Crippen LogP contribution in [0.15, 0.2) is 17.1 Å².